The van der Waals surface area contributed by atoms with Crippen molar-refractivity contribution < 1.29 is 19.2 Å². The number of likely N-dealkylation sites (tertiary alicyclic amines) is 1. The lowest BCUT2D eigenvalue weighted by Gasteiger charge is -2.39. The Morgan fingerprint density at radius 2 is 2.04 bits per heavy atom. The summed E-state index contributed by atoms with van der Waals surface area (Å²) in [5.74, 6) is -0.107. The second-order valence-corrected chi connectivity index (χ2v) is 7.94. The second-order valence-electron chi connectivity index (χ2n) is 7.94. The number of nitrogens with zero attached hydrogens (tertiary/aromatic N) is 2. The minimum absolute atomic E-state index is 0.105. The van der Waals surface area contributed by atoms with Gasteiger partial charge in [0.15, 0.2) is 0 Å². The van der Waals surface area contributed by atoms with E-state index in [1.54, 1.807) is 4.90 Å². The van der Waals surface area contributed by atoms with Crippen LogP contribution >= 0.6 is 0 Å². The molecule has 1 aliphatic carbocycles. The molecule has 4 rings (SSSR count). The lowest BCUT2D eigenvalue weighted by molar-refractivity contribution is -0.155. The third-order valence-corrected chi connectivity index (χ3v) is 5.69. The third kappa shape index (κ3) is 3.61. The molecule has 0 radical (unpaired) electrons. The number of benzene rings is 1. The maximum absolute atomic E-state index is 12.4. The Labute approximate surface area is 158 Å². The first-order valence-corrected chi connectivity index (χ1v) is 9.52. The molecule has 1 aromatic heterocycles. The van der Waals surface area contributed by atoms with E-state index in [9.17, 15) is 14.7 Å². The summed E-state index contributed by atoms with van der Waals surface area (Å²) >= 11 is 0. The summed E-state index contributed by atoms with van der Waals surface area (Å²) in [6.07, 6.45) is 3.34. The fraction of sp³-hybridized carbons (Fsp3) is 0.476. The van der Waals surface area contributed by atoms with Crippen molar-refractivity contribution in [2.24, 2.45) is 11.3 Å². The average Bonchev–Trinajstić information content (AvgIpc) is 3.41. The number of carbonyl (C=O) groups excluding carboxylic acids is 1. The summed E-state index contributed by atoms with van der Waals surface area (Å²) < 4.78 is 5.47. The Kier molecular flexibility index (Phi) is 4.50. The van der Waals surface area contributed by atoms with Crippen LogP contribution in [0.1, 0.15) is 37.0 Å². The summed E-state index contributed by atoms with van der Waals surface area (Å²) in [4.78, 5) is 26.3. The molecule has 27 heavy (non-hydrogen) atoms. The molecule has 1 amide bonds. The molecule has 2 aliphatic rings. The monoisotopic (exact) mass is 368 g/mol. The largest absolute Gasteiger partial charge is 0.481 e. The van der Waals surface area contributed by atoms with Gasteiger partial charge in [-0.25, -0.2) is 0 Å². The minimum Gasteiger partial charge on any atom is -0.481 e. The molecule has 0 bridgehead atoms. The second kappa shape index (κ2) is 6.83. The fourth-order valence-electron chi connectivity index (χ4n) is 3.89. The number of piperidine rings is 1. The average molecular weight is 368 g/mol. The van der Waals surface area contributed by atoms with Crippen molar-refractivity contribution in [3.8, 4) is 11.3 Å². The van der Waals surface area contributed by atoms with E-state index in [2.05, 4.69) is 5.16 Å². The van der Waals surface area contributed by atoms with Gasteiger partial charge < -0.3 is 14.5 Å². The van der Waals surface area contributed by atoms with Crippen molar-refractivity contribution in [2.75, 3.05) is 13.1 Å². The van der Waals surface area contributed by atoms with Crippen LogP contribution in [0, 0.1) is 18.3 Å². The van der Waals surface area contributed by atoms with E-state index in [1.165, 1.54) is 0 Å². The van der Waals surface area contributed by atoms with Crippen molar-refractivity contribution in [3.05, 3.63) is 41.7 Å². The summed E-state index contributed by atoms with van der Waals surface area (Å²) in [7, 11) is 0. The molecule has 1 aliphatic heterocycles. The van der Waals surface area contributed by atoms with E-state index < -0.39 is 11.4 Å². The number of carboxylic acid groups (broad SMARTS) is 1. The van der Waals surface area contributed by atoms with Crippen LogP contribution in [0.15, 0.2) is 34.9 Å². The first-order valence-electron chi connectivity index (χ1n) is 9.52. The van der Waals surface area contributed by atoms with E-state index in [-0.39, 0.29) is 24.8 Å². The van der Waals surface area contributed by atoms with Gasteiger partial charge in [-0.1, -0.05) is 35.0 Å². The Hall–Kier alpha value is -2.63. The van der Waals surface area contributed by atoms with Gasteiger partial charge in [-0.15, -0.1) is 0 Å². The molecule has 1 atom stereocenters. The van der Waals surface area contributed by atoms with Gasteiger partial charge in [0.05, 0.1) is 5.41 Å². The fourth-order valence-corrected chi connectivity index (χ4v) is 3.89. The van der Waals surface area contributed by atoms with E-state index in [0.717, 1.165) is 24.0 Å². The van der Waals surface area contributed by atoms with Crippen molar-refractivity contribution in [1.29, 1.82) is 0 Å². The van der Waals surface area contributed by atoms with Crippen molar-refractivity contribution in [3.63, 3.8) is 0 Å². The van der Waals surface area contributed by atoms with Gasteiger partial charge in [-0.05, 0) is 32.6 Å². The predicted molar refractivity (Wildman–Crippen MR) is 99.0 cm³/mol. The minimum atomic E-state index is -1.01. The number of carbonyl (C=O) groups is 2. The van der Waals surface area contributed by atoms with Gasteiger partial charge in [0.25, 0.3) is 0 Å². The third-order valence-electron chi connectivity index (χ3n) is 5.69. The molecule has 1 N–H and O–H groups in total. The topological polar surface area (TPSA) is 83.6 Å². The molecule has 2 heterocycles. The van der Waals surface area contributed by atoms with Crippen LogP contribution in [0.4, 0.5) is 0 Å². The Balaban J connectivity index is 1.54. The van der Waals surface area contributed by atoms with Gasteiger partial charge in [0, 0.05) is 37.1 Å². The van der Waals surface area contributed by atoms with Crippen LogP contribution in [0.25, 0.3) is 11.3 Å². The Morgan fingerprint density at radius 3 is 2.70 bits per heavy atom. The number of hydrogen-bond acceptors (Lipinski definition) is 4. The van der Waals surface area contributed by atoms with E-state index >= 15 is 0 Å². The van der Waals surface area contributed by atoms with Crippen LogP contribution < -0.4 is 0 Å². The quantitative estimate of drug-likeness (QED) is 0.875. The number of rotatable bonds is 5. The zero-order chi connectivity index (χ0) is 19.0. The highest BCUT2D eigenvalue weighted by molar-refractivity contribution is 5.83. The first kappa shape index (κ1) is 17.8. The molecule has 6 nitrogen and oxygen atoms in total. The molecule has 0 spiro atoms. The highest BCUT2D eigenvalue weighted by Gasteiger charge is 2.46. The SMILES string of the molecule is Cc1ccc(-c2cc(CC3(C(=O)O)CCCN(C(=O)C4CC4)C3)on2)cc1. The normalized spacial score (nSPS) is 22.6. The first-order chi connectivity index (χ1) is 13.0. The number of aromatic nitrogens is 1. The van der Waals surface area contributed by atoms with Gasteiger partial charge >= 0.3 is 5.97 Å². The van der Waals surface area contributed by atoms with Crippen molar-refractivity contribution in [1.82, 2.24) is 10.1 Å². The smallest absolute Gasteiger partial charge is 0.311 e. The number of aliphatic carboxylic acids is 1. The van der Waals surface area contributed by atoms with Crippen LogP contribution in [0.3, 0.4) is 0 Å². The van der Waals surface area contributed by atoms with E-state index in [4.69, 9.17) is 4.52 Å². The Morgan fingerprint density at radius 1 is 1.30 bits per heavy atom. The van der Waals surface area contributed by atoms with Gasteiger partial charge in [-0.3, -0.25) is 9.59 Å². The standard InChI is InChI=1S/C21H24N2O4/c1-14-3-5-15(6-4-14)18-11-17(27-22-18)12-21(20(25)26)9-2-10-23(13-21)19(24)16-7-8-16/h3-6,11,16H,2,7-10,12-13H2,1H3,(H,25,26). The zero-order valence-electron chi connectivity index (χ0n) is 15.5. The summed E-state index contributed by atoms with van der Waals surface area (Å²) in [5.41, 5.74) is 1.80. The molecule has 1 aromatic carbocycles. The summed E-state index contributed by atoms with van der Waals surface area (Å²) in [6, 6.07) is 9.77. The van der Waals surface area contributed by atoms with Crippen molar-refractivity contribution in [2.45, 2.75) is 39.0 Å². The number of carboxylic acids is 1. The van der Waals surface area contributed by atoms with Crippen LogP contribution in [0.5, 0.6) is 0 Å². The van der Waals surface area contributed by atoms with Crippen molar-refractivity contribution >= 4 is 11.9 Å². The maximum Gasteiger partial charge on any atom is 0.311 e. The number of aryl methyl sites for hydroxylation is 1. The predicted octanol–water partition coefficient (Wildman–Crippen LogP) is 3.30. The number of hydrogen-bond donors (Lipinski definition) is 1. The molecule has 6 heteroatoms. The van der Waals surface area contributed by atoms with Gasteiger partial charge in [-0.2, -0.15) is 0 Å². The van der Waals surface area contributed by atoms with Crippen LogP contribution in [-0.2, 0) is 16.0 Å². The highest BCUT2D eigenvalue weighted by atomic mass is 16.5. The lowest BCUT2D eigenvalue weighted by atomic mass is 9.76. The molecule has 2 fully saturated rings. The molecular weight excluding hydrogens is 344 g/mol. The number of amides is 1. The molecular formula is C21H24N2O4. The lowest BCUT2D eigenvalue weighted by Crippen LogP contribution is -2.51. The zero-order valence-corrected chi connectivity index (χ0v) is 15.5. The molecule has 1 saturated carbocycles. The summed E-state index contributed by atoms with van der Waals surface area (Å²) in [5, 5.41) is 14.1. The van der Waals surface area contributed by atoms with Gasteiger partial charge in [0.1, 0.15) is 11.5 Å². The van der Waals surface area contributed by atoms with Crippen LogP contribution in [-0.4, -0.2) is 40.1 Å². The van der Waals surface area contributed by atoms with E-state index in [0.29, 0.717) is 30.8 Å². The van der Waals surface area contributed by atoms with E-state index in [1.807, 2.05) is 37.3 Å². The molecule has 1 unspecified atom stereocenters. The highest BCUT2D eigenvalue weighted by Crippen LogP contribution is 2.38. The summed E-state index contributed by atoms with van der Waals surface area (Å²) in [6.45, 7) is 2.92. The van der Waals surface area contributed by atoms with Crippen LogP contribution in [0.2, 0.25) is 0 Å². The Bertz CT molecular complexity index is 853. The maximum atomic E-state index is 12.4. The van der Waals surface area contributed by atoms with Gasteiger partial charge in [0.2, 0.25) is 5.91 Å². The molecule has 142 valence electrons. The molecule has 1 saturated heterocycles. The molecule has 2 aromatic rings.